The standard InChI is InChI=1S/C16H36N.C12H17NO5S/c1-5-9-13-17(14-10-6-2,15-11-7-3)16-12-8-4;1-12(2,3)11(14)13-10-8(18-4)6-5-7-9(10)19(15,16)17/h5-16H2,1-4H3;5-7H,1-4H3,(H,13,14)(H,15,16,17)/q+1;/p-1. The molecule has 0 atom stereocenters. The SMILES string of the molecule is CCCC[N+](CCCC)(CCCC)CCCC.COc1cccc(S(=O)(=O)[O-])c1NC(=O)C(C)(C)C. The van der Waals surface area contributed by atoms with E-state index in [9.17, 15) is 17.8 Å². The van der Waals surface area contributed by atoms with Crippen LogP contribution in [0, 0.1) is 5.41 Å². The number of carbonyl (C=O) groups excluding carboxylic acids is 1. The quantitative estimate of drug-likeness (QED) is 0.205. The highest BCUT2D eigenvalue weighted by Gasteiger charge is 2.25. The molecule has 8 heteroatoms. The Bertz CT molecular complexity index is 826. The minimum Gasteiger partial charge on any atom is -0.744 e. The van der Waals surface area contributed by atoms with Gasteiger partial charge in [0.15, 0.2) is 0 Å². The van der Waals surface area contributed by atoms with Gasteiger partial charge >= 0.3 is 0 Å². The summed E-state index contributed by atoms with van der Waals surface area (Å²) in [4.78, 5) is 11.4. The van der Waals surface area contributed by atoms with Crippen molar-refractivity contribution in [2.24, 2.45) is 5.41 Å². The number of nitrogens with one attached hydrogen (secondary N) is 1. The number of quaternary nitrogens is 1. The van der Waals surface area contributed by atoms with Gasteiger partial charge < -0.3 is 19.1 Å². The molecule has 0 aliphatic carbocycles. The Labute approximate surface area is 221 Å². The third-order valence-corrected chi connectivity index (χ3v) is 7.22. The second-order valence-corrected chi connectivity index (χ2v) is 12.0. The zero-order valence-electron chi connectivity index (χ0n) is 24.1. The van der Waals surface area contributed by atoms with Gasteiger partial charge in [0.05, 0.1) is 38.2 Å². The molecule has 1 amide bonds. The zero-order chi connectivity index (χ0) is 27.8. The lowest BCUT2D eigenvalue weighted by Gasteiger charge is -2.39. The van der Waals surface area contributed by atoms with E-state index in [0.717, 1.165) is 6.07 Å². The molecule has 0 aliphatic rings. The van der Waals surface area contributed by atoms with Crippen molar-refractivity contribution < 1.29 is 27.0 Å². The first kappa shape index (κ1) is 34.4. The third kappa shape index (κ3) is 12.5. The van der Waals surface area contributed by atoms with Crippen LogP contribution >= 0.6 is 0 Å². The van der Waals surface area contributed by atoms with Crippen LogP contribution in [0.2, 0.25) is 0 Å². The summed E-state index contributed by atoms with van der Waals surface area (Å²) in [5.74, 6) is -0.295. The Morgan fingerprint density at radius 1 is 0.889 bits per heavy atom. The Balaban J connectivity index is 0.000000686. The molecule has 0 radical (unpaired) electrons. The maximum atomic E-state index is 11.9. The van der Waals surface area contributed by atoms with E-state index in [1.54, 1.807) is 20.8 Å². The first-order valence-corrected chi connectivity index (χ1v) is 15.0. The minimum absolute atomic E-state index is 0.120. The summed E-state index contributed by atoms with van der Waals surface area (Å²) >= 11 is 0. The molecule has 1 rings (SSSR count). The van der Waals surface area contributed by atoms with Gasteiger partial charge in [0, 0.05) is 5.41 Å². The number of rotatable bonds is 15. The summed E-state index contributed by atoms with van der Waals surface area (Å²) in [6, 6.07) is 3.96. The smallest absolute Gasteiger partial charge is 0.229 e. The number of unbranched alkanes of at least 4 members (excludes halogenated alkanes) is 4. The number of hydrogen-bond acceptors (Lipinski definition) is 5. The summed E-state index contributed by atoms with van der Waals surface area (Å²) in [7, 11) is -3.38. The molecule has 1 aromatic carbocycles. The van der Waals surface area contributed by atoms with Gasteiger partial charge in [-0.3, -0.25) is 4.79 Å². The third-order valence-electron chi connectivity index (χ3n) is 6.34. The van der Waals surface area contributed by atoms with E-state index >= 15 is 0 Å². The van der Waals surface area contributed by atoms with Gasteiger partial charge in [-0.2, -0.15) is 0 Å². The van der Waals surface area contributed by atoms with Gasteiger partial charge in [0.2, 0.25) is 5.91 Å². The summed E-state index contributed by atoms with van der Waals surface area (Å²) in [6.07, 6.45) is 11.1. The number of para-hydroxylation sites is 1. The average molecular weight is 529 g/mol. The van der Waals surface area contributed by atoms with Crippen molar-refractivity contribution in [1.82, 2.24) is 0 Å². The molecule has 0 aromatic heterocycles. The van der Waals surface area contributed by atoms with Crippen LogP contribution in [0.3, 0.4) is 0 Å². The minimum atomic E-state index is -4.70. The Morgan fingerprint density at radius 3 is 1.61 bits per heavy atom. The van der Waals surface area contributed by atoms with Gasteiger partial charge in [-0.1, -0.05) is 80.2 Å². The van der Waals surface area contributed by atoms with Crippen LogP contribution < -0.4 is 10.1 Å². The lowest BCUT2D eigenvalue weighted by molar-refractivity contribution is -0.929. The molecule has 0 saturated heterocycles. The molecule has 210 valence electrons. The van der Waals surface area contributed by atoms with Crippen molar-refractivity contribution in [2.45, 2.75) is 105 Å². The molecule has 1 aromatic rings. The Hall–Kier alpha value is -1.64. The van der Waals surface area contributed by atoms with E-state index in [0.29, 0.717) is 0 Å². The van der Waals surface area contributed by atoms with Crippen molar-refractivity contribution in [3.8, 4) is 5.75 Å². The fourth-order valence-electron chi connectivity index (χ4n) is 3.96. The van der Waals surface area contributed by atoms with Gasteiger partial charge in [0.1, 0.15) is 21.6 Å². The predicted octanol–water partition coefficient (Wildman–Crippen LogP) is 6.59. The van der Waals surface area contributed by atoms with Crippen LogP contribution in [-0.2, 0) is 14.9 Å². The van der Waals surface area contributed by atoms with E-state index in [1.165, 1.54) is 101 Å². The monoisotopic (exact) mass is 528 g/mol. The maximum Gasteiger partial charge on any atom is 0.229 e. The second kappa shape index (κ2) is 17.0. The number of anilines is 1. The topological polar surface area (TPSA) is 95.5 Å². The summed E-state index contributed by atoms with van der Waals surface area (Å²) < 4.78 is 40.0. The van der Waals surface area contributed by atoms with Gasteiger partial charge in [-0.15, -0.1) is 0 Å². The van der Waals surface area contributed by atoms with E-state index in [4.69, 9.17) is 4.74 Å². The Kier molecular flexibility index (Phi) is 16.2. The van der Waals surface area contributed by atoms with E-state index in [2.05, 4.69) is 33.0 Å². The molecule has 1 N–H and O–H groups in total. The molecule has 0 bridgehead atoms. The summed E-state index contributed by atoms with van der Waals surface area (Å²) in [5, 5.41) is 2.43. The molecular weight excluding hydrogens is 476 g/mol. The number of amides is 1. The van der Waals surface area contributed by atoms with Crippen LogP contribution in [-0.4, -0.2) is 56.6 Å². The van der Waals surface area contributed by atoms with Crippen molar-refractivity contribution in [2.75, 3.05) is 38.6 Å². The largest absolute Gasteiger partial charge is 0.744 e. The van der Waals surface area contributed by atoms with Crippen molar-refractivity contribution in [1.29, 1.82) is 0 Å². The molecule has 0 saturated carbocycles. The predicted molar refractivity (Wildman–Crippen MR) is 148 cm³/mol. The number of ether oxygens (including phenoxy) is 1. The molecule has 7 nitrogen and oxygen atoms in total. The van der Waals surface area contributed by atoms with Gasteiger partial charge in [-0.05, 0) is 37.8 Å². The van der Waals surface area contributed by atoms with Crippen molar-refractivity contribution >= 4 is 21.7 Å². The summed E-state index contributed by atoms with van der Waals surface area (Å²) in [6.45, 7) is 20.0. The normalized spacial score (nSPS) is 12.0. The first-order valence-electron chi connectivity index (χ1n) is 13.6. The van der Waals surface area contributed by atoms with Crippen molar-refractivity contribution in [3.05, 3.63) is 18.2 Å². The molecular formula is C28H52N2O5S. The molecule has 0 heterocycles. The zero-order valence-corrected chi connectivity index (χ0v) is 24.9. The van der Waals surface area contributed by atoms with Crippen LogP contribution in [0.15, 0.2) is 23.1 Å². The fraction of sp³-hybridized carbons (Fsp3) is 0.750. The highest BCUT2D eigenvalue weighted by atomic mass is 32.2. The maximum absolute atomic E-state index is 11.9. The van der Waals surface area contributed by atoms with E-state index in [1.807, 2.05) is 0 Å². The highest BCUT2D eigenvalue weighted by molar-refractivity contribution is 7.86. The Morgan fingerprint density at radius 2 is 1.31 bits per heavy atom. The van der Waals surface area contributed by atoms with Crippen LogP contribution in [0.25, 0.3) is 0 Å². The molecule has 36 heavy (non-hydrogen) atoms. The molecule has 0 unspecified atom stereocenters. The van der Waals surface area contributed by atoms with Crippen LogP contribution in [0.1, 0.15) is 99.8 Å². The number of methoxy groups -OCH3 is 1. The lowest BCUT2D eigenvalue weighted by Crippen LogP contribution is -2.50. The summed E-state index contributed by atoms with van der Waals surface area (Å²) in [5.41, 5.74) is -0.856. The van der Waals surface area contributed by atoms with Gasteiger partial charge in [-0.25, -0.2) is 8.42 Å². The van der Waals surface area contributed by atoms with Crippen molar-refractivity contribution in [3.63, 3.8) is 0 Å². The van der Waals surface area contributed by atoms with Crippen LogP contribution in [0.4, 0.5) is 5.69 Å². The number of carbonyl (C=O) groups is 1. The average Bonchev–Trinajstić information content (AvgIpc) is 2.82. The first-order chi connectivity index (χ1) is 16.8. The highest BCUT2D eigenvalue weighted by Crippen LogP contribution is 2.32. The number of benzene rings is 1. The van der Waals surface area contributed by atoms with E-state index in [-0.39, 0.29) is 11.4 Å². The number of nitrogens with zero attached hydrogens (tertiary/aromatic N) is 1. The molecule has 0 aliphatic heterocycles. The van der Waals surface area contributed by atoms with Crippen LogP contribution in [0.5, 0.6) is 5.75 Å². The molecule has 0 fully saturated rings. The molecule has 0 spiro atoms. The second-order valence-electron chi connectivity index (χ2n) is 10.6. The lowest BCUT2D eigenvalue weighted by atomic mass is 9.95. The van der Waals surface area contributed by atoms with E-state index < -0.39 is 26.3 Å². The number of hydrogen-bond donors (Lipinski definition) is 1. The fourth-order valence-corrected chi connectivity index (χ4v) is 4.61. The van der Waals surface area contributed by atoms with Gasteiger partial charge in [0.25, 0.3) is 0 Å².